The van der Waals surface area contributed by atoms with Gasteiger partial charge in [0.1, 0.15) is 0 Å². The van der Waals surface area contributed by atoms with Crippen LogP contribution in [0.5, 0.6) is 5.75 Å². The minimum absolute atomic E-state index is 0.290. The topological polar surface area (TPSA) is 14.2 Å². The number of aromatic nitrogens is 1. The van der Waals surface area contributed by atoms with Crippen LogP contribution in [-0.4, -0.2) is 11.7 Å². The molecule has 0 aliphatic heterocycles. The van der Waals surface area contributed by atoms with Gasteiger partial charge in [0.2, 0.25) is 0 Å². The summed E-state index contributed by atoms with van der Waals surface area (Å²) in [5.74, 6) is -0.0319. The van der Waals surface area contributed by atoms with Crippen LogP contribution in [0.15, 0.2) is 24.4 Å². The first-order valence-corrected chi connectivity index (χ1v) is 5.01. The van der Waals surface area contributed by atoms with Gasteiger partial charge in [-0.2, -0.15) is 0 Å². The number of rotatable bonds is 1. The van der Waals surface area contributed by atoms with Gasteiger partial charge in [0.25, 0.3) is 0 Å². The third-order valence-electron chi connectivity index (χ3n) is 2.16. The van der Waals surface area contributed by atoms with Gasteiger partial charge in [-0.3, -0.25) is 0 Å². The first-order chi connectivity index (χ1) is 7.22. The van der Waals surface area contributed by atoms with Crippen molar-refractivity contribution in [3.8, 4) is 5.75 Å². The predicted molar refractivity (Wildman–Crippen MR) is 60.8 cm³/mol. The maximum atomic E-state index is 13.2. The van der Waals surface area contributed by atoms with Crippen LogP contribution in [0.3, 0.4) is 0 Å². The van der Waals surface area contributed by atoms with Crippen molar-refractivity contribution in [1.29, 1.82) is 0 Å². The largest absolute Gasteiger partial charge is 0.494 e. The molecule has 2 rings (SSSR count). The Morgan fingerprint density at radius 1 is 1.27 bits per heavy atom. The molecule has 0 bridgehead atoms. The summed E-state index contributed by atoms with van der Waals surface area (Å²) in [5, 5.41) is 0.987. The molecule has 82 valence electrons. The fourth-order valence-electron chi connectivity index (χ4n) is 1.43. The number of hydrogen-bond donors (Lipinski definition) is 0. The summed E-state index contributed by atoms with van der Waals surface area (Å²) >= 11 is 0. The van der Waals surface area contributed by atoms with Crippen LogP contribution in [0.1, 0.15) is 13.8 Å². The lowest BCUT2D eigenvalue weighted by Crippen LogP contribution is -1.89. The maximum absolute atomic E-state index is 13.2. The lowest BCUT2D eigenvalue weighted by Gasteiger charge is -2.02. The summed E-state index contributed by atoms with van der Waals surface area (Å²) in [7, 11) is 3.35. The van der Waals surface area contributed by atoms with Gasteiger partial charge in [0.05, 0.1) is 12.6 Å². The van der Waals surface area contributed by atoms with Crippen molar-refractivity contribution in [2.45, 2.75) is 13.8 Å². The van der Waals surface area contributed by atoms with E-state index in [1.165, 1.54) is 13.2 Å². The Hall–Kier alpha value is -1.51. The third-order valence-corrected chi connectivity index (χ3v) is 2.16. The molecule has 0 saturated carbocycles. The molecule has 0 aliphatic carbocycles. The standard InChI is InChI=1S/C10H10FNO.C2H6/c1-12-4-3-7-5-10(13-2)8(11)6-9(7)12;1-2/h3-6H,1-2H3;1-2H3. The van der Waals surface area contributed by atoms with Crippen molar-refractivity contribution in [1.82, 2.24) is 4.57 Å². The number of aryl methyl sites for hydroxylation is 1. The van der Waals surface area contributed by atoms with Gasteiger partial charge in [0.15, 0.2) is 11.6 Å². The van der Waals surface area contributed by atoms with E-state index in [1.54, 1.807) is 6.07 Å². The molecule has 15 heavy (non-hydrogen) atoms. The Labute approximate surface area is 89.3 Å². The molecular formula is C12H16FNO. The molecule has 2 nitrogen and oxygen atoms in total. The smallest absolute Gasteiger partial charge is 0.167 e. The molecule has 0 fully saturated rings. The van der Waals surface area contributed by atoms with Crippen LogP contribution in [0.25, 0.3) is 10.9 Å². The average molecular weight is 209 g/mol. The normalized spacial score (nSPS) is 9.67. The molecule has 0 unspecified atom stereocenters. The van der Waals surface area contributed by atoms with Gasteiger partial charge in [-0.15, -0.1) is 0 Å². The highest BCUT2D eigenvalue weighted by atomic mass is 19.1. The van der Waals surface area contributed by atoms with E-state index in [-0.39, 0.29) is 5.82 Å². The molecule has 0 aliphatic rings. The number of benzene rings is 1. The number of hydrogen-bond acceptors (Lipinski definition) is 1. The quantitative estimate of drug-likeness (QED) is 0.702. The van der Waals surface area contributed by atoms with Gasteiger partial charge in [-0.1, -0.05) is 13.8 Å². The lowest BCUT2D eigenvalue weighted by molar-refractivity contribution is 0.387. The first-order valence-electron chi connectivity index (χ1n) is 5.01. The Kier molecular flexibility index (Phi) is 3.72. The molecule has 1 aromatic heterocycles. The van der Waals surface area contributed by atoms with Gasteiger partial charge < -0.3 is 9.30 Å². The highest BCUT2D eigenvalue weighted by molar-refractivity contribution is 5.81. The molecule has 0 amide bonds. The highest BCUT2D eigenvalue weighted by Gasteiger charge is 2.06. The van der Waals surface area contributed by atoms with E-state index in [2.05, 4.69) is 0 Å². The molecule has 0 saturated heterocycles. The van der Waals surface area contributed by atoms with Crippen molar-refractivity contribution >= 4 is 10.9 Å². The molecule has 0 atom stereocenters. The maximum Gasteiger partial charge on any atom is 0.167 e. The van der Waals surface area contributed by atoms with Crippen molar-refractivity contribution in [3.05, 3.63) is 30.2 Å². The van der Waals surface area contributed by atoms with Crippen molar-refractivity contribution < 1.29 is 9.13 Å². The zero-order valence-electron chi connectivity index (χ0n) is 9.54. The zero-order chi connectivity index (χ0) is 11.4. The molecule has 3 heteroatoms. The van der Waals surface area contributed by atoms with Crippen LogP contribution < -0.4 is 4.74 Å². The molecule has 0 N–H and O–H groups in total. The number of halogens is 1. The lowest BCUT2D eigenvalue weighted by atomic mass is 10.2. The summed E-state index contributed by atoms with van der Waals surface area (Å²) in [6.07, 6.45) is 1.89. The molecule has 1 aromatic carbocycles. The van der Waals surface area contributed by atoms with Crippen LogP contribution in [0, 0.1) is 5.82 Å². The number of ether oxygens (including phenoxy) is 1. The minimum Gasteiger partial charge on any atom is -0.494 e. The van der Waals surface area contributed by atoms with Crippen molar-refractivity contribution in [2.24, 2.45) is 7.05 Å². The average Bonchev–Trinajstić information content (AvgIpc) is 2.62. The van der Waals surface area contributed by atoms with Gasteiger partial charge in [-0.05, 0) is 12.1 Å². The molecule has 0 radical (unpaired) electrons. The van der Waals surface area contributed by atoms with Crippen LogP contribution in [-0.2, 0) is 7.05 Å². The minimum atomic E-state index is -0.322. The van der Waals surface area contributed by atoms with Gasteiger partial charge >= 0.3 is 0 Å². The van der Waals surface area contributed by atoms with E-state index >= 15 is 0 Å². The Morgan fingerprint density at radius 3 is 2.53 bits per heavy atom. The number of fused-ring (bicyclic) bond motifs is 1. The summed E-state index contributed by atoms with van der Waals surface area (Å²) in [5.41, 5.74) is 0.873. The van der Waals surface area contributed by atoms with Crippen LogP contribution in [0.2, 0.25) is 0 Å². The second-order valence-electron chi connectivity index (χ2n) is 2.97. The van der Waals surface area contributed by atoms with Crippen molar-refractivity contribution in [3.63, 3.8) is 0 Å². The highest BCUT2D eigenvalue weighted by Crippen LogP contribution is 2.24. The van der Waals surface area contributed by atoms with E-state index in [4.69, 9.17) is 4.74 Å². The monoisotopic (exact) mass is 209 g/mol. The summed E-state index contributed by atoms with van der Waals surface area (Å²) in [6.45, 7) is 4.00. The van der Waals surface area contributed by atoms with E-state index in [0.29, 0.717) is 5.75 Å². The first kappa shape index (κ1) is 11.6. The van der Waals surface area contributed by atoms with Crippen molar-refractivity contribution in [2.75, 3.05) is 7.11 Å². The SMILES string of the molecule is CC.COc1cc2ccn(C)c2cc1F. The van der Waals surface area contributed by atoms with Crippen LogP contribution in [0.4, 0.5) is 4.39 Å². The summed E-state index contributed by atoms with van der Waals surface area (Å²) in [6, 6.07) is 5.11. The van der Waals surface area contributed by atoms with E-state index in [9.17, 15) is 4.39 Å². The molecule has 0 spiro atoms. The fourth-order valence-corrected chi connectivity index (χ4v) is 1.43. The van der Waals surface area contributed by atoms with Gasteiger partial charge in [-0.25, -0.2) is 4.39 Å². The Bertz CT molecular complexity index is 448. The third kappa shape index (κ3) is 2.12. The second-order valence-corrected chi connectivity index (χ2v) is 2.97. The van der Waals surface area contributed by atoms with E-state index in [0.717, 1.165) is 10.9 Å². The Balaban J connectivity index is 0.000000531. The predicted octanol–water partition coefficient (Wildman–Crippen LogP) is 3.35. The van der Waals surface area contributed by atoms with Crippen LogP contribution >= 0.6 is 0 Å². The molecule has 2 aromatic rings. The number of nitrogens with zero attached hydrogens (tertiary/aromatic N) is 1. The summed E-state index contributed by atoms with van der Waals surface area (Å²) in [4.78, 5) is 0. The zero-order valence-corrected chi connectivity index (χ0v) is 9.54. The number of methoxy groups -OCH3 is 1. The van der Waals surface area contributed by atoms with E-state index in [1.807, 2.05) is 37.7 Å². The molecular weight excluding hydrogens is 193 g/mol. The second kappa shape index (κ2) is 4.82. The van der Waals surface area contributed by atoms with Gasteiger partial charge in [0, 0.05) is 24.7 Å². The molecule has 1 heterocycles. The Morgan fingerprint density at radius 2 is 1.93 bits per heavy atom. The summed E-state index contributed by atoms with van der Waals surface area (Å²) < 4.78 is 20.0. The van der Waals surface area contributed by atoms with E-state index < -0.39 is 0 Å². The fraction of sp³-hybridized carbons (Fsp3) is 0.333.